The highest BCUT2D eigenvalue weighted by Crippen LogP contribution is 2.45. The fourth-order valence-electron chi connectivity index (χ4n) is 4.94. The molecule has 4 aromatic rings. The fourth-order valence-corrected chi connectivity index (χ4v) is 6.42. The summed E-state index contributed by atoms with van der Waals surface area (Å²) in [7, 11) is 0. The van der Waals surface area contributed by atoms with Gasteiger partial charge in [-0.05, 0) is 78.1 Å². The molecule has 202 valence electrons. The van der Waals surface area contributed by atoms with Crippen LogP contribution in [0.5, 0.6) is 5.75 Å². The molecule has 7 heteroatoms. The number of thiophene rings is 1. The van der Waals surface area contributed by atoms with Crippen molar-refractivity contribution in [3.8, 4) is 5.75 Å². The van der Waals surface area contributed by atoms with E-state index in [1.807, 2.05) is 60.7 Å². The van der Waals surface area contributed by atoms with Crippen molar-refractivity contribution in [2.75, 3.05) is 0 Å². The molecule has 1 N–H and O–H groups in total. The first-order chi connectivity index (χ1) is 18.8. The average molecular weight is 561 g/mol. The number of carbonyl (C=O) groups is 1. The number of furan rings is 1. The lowest BCUT2D eigenvalue weighted by Gasteiger charge is -2.33. The van der Waals surface area contributed by atoms with Crippen LogP contribution in [0.3, 0.4) is 0 Å². The molecule has 0 radical (unpaired) electrons. The maximum atomic E-state index is 13.5. The van der Waals surface area contributed by atoms with E-state index in [-0.39, 0.29) is 11.3 Å². The zero-order chi connectivity index (χ0) is 27.4. The monoisotopic (exact) mass is 560 g/mol. The van der Waals surface area contributed by atoms with Crippen molar-refractivity contribution in [1.82, 2.24) is 5.32 Å². The van der Waals surface area contributed by atoms with E-state index >= 15 is 0 Å². The van der Waals surface area contributed by atoms with Crippen molar-refractivity contribution in [2.45, 2.75) is 53.2 Å². The Balaban J connectivity index is 1.42. The SMILES string of the molecule is CC(C)(C)[C@H]1CCc2c(sc(N=Cc3ccccc3OCc3cccc(Cl)c3)c2C(=O)NCc2ccco2)C1. The van der Waals surface area contributed by atoms with Gasteiger partial charge < -0.3 is 14.5 Å². The normalized spacial score (nSPS) is 15.3. The van der Waals surface area contributed by atoms with E-state index in [4.69, 9.17) is 25.7 Å². The first-order valence-electron chi connectivity index (χ1n) is 13.2. The molecule has 2 aromatic heterocycles. The van der Waals surface area contributed by atoms with Gasteiger partial charge in [-0.2, -0.15) is 0 Å². The van der Waals surface area contributed by atoms with Gasteiger partial charge >= 0.3 is 0 Å². The Hall–Kier alpha value is -3.35. The zero-order valence-electron chi connectivity index (χ0n) is 22.5. The minimum absolute atomic E-state index is 0.115. The van der Waals surface area contributed by atoms with Crippen LogP contribution in [0.1, 0.15) is 64.9 Å². The number of hydrogen-bond acceptors (Lipinski definition) is 5. The lowest BCUT2D eigenvalue weighted by Crippen LogP contribution is -2.28. The van der Waals surface area contributed by atoms with Gasteiger partial charge in [-0.3, -0.25) is 4.79 Å². The van der Waals surface area contributed by atoms with E-state index in [0.717, 1.165) is 52.5 Å². The summed E-state index contributed by atoms with van der Waals surface area (Å²) in [5.74, 6) is 1.89. The predicted octanol–water partition coefficient (Wildman–Crippen LogP) is 8.41. The highest BCUT2D eigenvalue weighted by Gasteiger charge is 2.33. The molecule has 1 amide bonds. The molecule has 0 fully saturated rings. The number of halogens is 1. The second kappa shape index (κ2) is 11.8. The molecule has 1 atom stereocenters. The lowest BCUT2D eigenvalue weighted by atomic mass is 9.72. The second-order valence-corrected chi connectivity index (χ2v) is 12.5. The van der Waals surface area contributed by atoms with Crippen LogP contribution in [0, 0.1) is 11.3 Å². The molecular formula is C32H33ClN2O3S. The average Bonchev–Trinajstić information content (AvgIpc) is 3.56. The molecule has 5 rings (SSSR count). The Kier molecular flexibility index (Phi) is 8.24. The summed E-state index contributed by atoms with van der Waals surface area (Å²) in [5.41, 5.74) is 3.87. The molecule has 0 aliphatic heterocycles. The van der Waals surface area contributed by atoms with E-state index in [2.05, 4.69) is 26.1 Å². The Morgan fingerprint density at radius 1 is 1.18 bits per heavy atom. The Morgan fingerprint density at radius 2 is 2.03 bits per heavy atom. The summed E-state index contributed by atoms with van der Waals surface area (Å²) in [6.07, 6.45) is 6.33. The van der Waals surface area contributed by atoms with E-state index < -0.39 is 0 Å². The Morgan fingerprint density at radius 3 is 2.79 bits per heavy atom. The van der Waals surface area contributed by atoms with Gasteiger partial charge in [-0.25, -0.2) is 4.99 Å². The number of benzene rings is 2. The number of ether oxygens (including phenoxy) is 1. The molecule has 0 saturated carbocycles. The van der Waals surface area contributed by atoms with Crippen LogP contribution < -0.4 is 10.1 Å². The van der Waals surface area contributed by atoms with Crippen LogP contribution in [-0.4, -0.2) is 12.1 Å². The summed E-state index contributed by atoms with van der Waals surface area (Å²) in [5, 5.41) is 4.45. The van der Waals surface area contributed by atoms with Crippen LogP contribution in [0.15, 0.2) is 76.3 Å². The standard InChI is InChI=1S/C32H33ClN2O3S/c1-32(2,3)23-13-14-26-28(17-23)39-31(29(26)30(36)34-19-25-11-7-15-37-25)35-18-22-9-4-5-12-27(22)38-20-21-8-6-10-24(33)16-21/h4-12,15-16,18,23H,13-14,17,19-20H2,1-3H3,(H,34,36)/t23-/m0/s1. The predicted molar refractivity (Wildman–Crippen MR) is 159 cm³/mol. The molecule has 0 saturated heterocycles. The number of hydrogen-bond donors (Lipinski definition) is 1. The summed E-state index contributed by atoms with van der Waals surface area (Å²) >= 11 is 7.76. The number of nitrogens with zero attached hydrogens (tertiary/aromatic N) is 1. The lowest BCUT2D eigenvalue weighted by molar-refractivity contribution is 0.0947. The molecule has 1 aliphatic carbocycles. The van der Waals surface area contributed by atoms with Crippen LogP contribution in [0.2, 0.25) is 5.02 Å². The van der Waals surface area contributed by atoms with E-state index in [9.17, 15) is 4.79 Å². The molecule has 1 aliphatic rings. The maximum Gasteiger partial charge on any atom is 0.255 e. The van der Waals surface area contributed by atoms with Crippen molar-refractivity contribution in [3.05, 3.63) is 105 Å². The number of para-hydroxylation sites is 1. The topological polar surface area (TPSA) is 63.8 Å². The van der Waals surface area contributed by atoms with Crippen LogP contribution >= 0.6 is 22.9 Å². The van der Waals surface area contributed by atoms with Crippen molar-refractivity contribution in [2.24, 2.45) is 16.3 Å². The number of rotatable bonds is 8. The molecule has 0 bridgehead atoms. The molecular weight excluding hydrogens is 528 g/mol. The number of aliphatic imine (C=N–C) groups is 1. The zero-order valence-corrected chi connectivity index (χ0v) is 24.1. The van der Waals surface area contributed by atoms with Gasteiger partial charge in [0.1, 0.15) is 23.1 Å². The minimum Gasteiger partial charge on any atom is -0.488 e. The fraction of sp³-hybridized carbons (Fsp3) is 0.312. The van der Waals surface area contributed by atoms with E-state index in [1.165, 1.54) is 4.88 Å². The third-order valence-electron chi connectivity index (χ3n) is 7.23. The van der Waals surface area contributed by atoms with E-state index in [1.54, 1.807) is 23.8 Å². The number of fused-ring (bicyclic) bond motifs is 1. The largest absolute Gasteiger partial charge is 0.488 e. The van der Waals surface area contributed by atoms with Gasteiger partial charge in [-0.15, -0.1) is 11.3 Å². The third kappa shape index (κ3) is 6.63. The van der Waals surface area contributed by atoms with Gasteiger partial charge in [0, 0.05) is 21.7 Å². The van der Waals surface area contributed by atoms with Crippen molar-refractivity contribution < 1.29 is 13.9 Å². The summed E-state index contributed by atoms with van der Waals surface area (Å²) in [6, 6.07) is 19.1. The van der Waals surface area contributed by atoms with Crippen LogP contribution in [0.4, 0.5) is 5.00 Å². The molecule has 39 heavy (non-hydrogen) atoms. The molecule has 5 nitrogen and oxygen atoms in total. The number of carbonyl (C=O) groups excluding carboxylic acids is 1. The van der Waals surface area contributed by atoms with Crippen molar-refractivity contribution >= 4 is 40.1 Å². The third-order valence-corrected chi connectivity index (χ3v) is 8.62. The van der Waals surface area contributed by atoms with Crippen molar-refractivity contribution in [1.29, 1.82) is 0 Å². The highest BCUT2D eigenvalue weighted by atomic mass is 35.5. The van der Waals surface area contributed by atoms with Gasteiger partial charge in [-0.1, -0.05) is 56.6 Å². The van der Waals surface area contributed by atoms with Gasteiger partial charge in [0.25, 0.3) is 5.91 Å². The summed E-state index contributed by atoms with van der Waals surface area (Å²) in [6.45, 7) is 7.63. The van der Waals surface area contributed by atoms with Gasteiger partial charge in [0.2, 0.25) is 0 Å². The molecule has 2 aromatic carbocycles. The van der Waals surface area contributed by atoms with Crippen molar-refractivity contribution in [3.63, 3.8) is 0 Å². The Bertz CT molecular complexity index is 1470. The summed E-state index contributed by atoms with van der Waals surface area (Å²) in [4.78, 5) is 19.6. The molecule has 0 spiro atoms. The smallest absolute Gasteiger partial charge is 0.255 e. The summed E-state index contributed by atoms with van der Waals surface area (Å²) < 4.78 is 11.5. The van der Waals surface area contributed by atoms with Crippen LogP contribution in [-0.2, 0) is 26.0 Å². The maximum absolute atomic E-state index is 13.5. The molecule has 0 unspecified atom stereocenters. The molecule has 2 heterocycles. The Labute approximate surface area is 238 Å². The van der Waals surface area contributed by atoms with Crippen LogP contribution in [0.25, 0.3) is 0 Å². The van der Waals surface area contributed by atoms with E-state index in [0.29, 0.717) is 29.7 Å². The number of nitrogens with one attached hydrogen (secondary N) is 1. The first-order valence-corrected chi connectivity index (χ1v) is 14.4. The second-order valence-electron chi connectivity index (χ2n) is 11.0. The minimum atomic E-state index is -0.115. The first kappa shape index (κ1) is 27.2. The van der Waals surface area contributed by atoms with Gasteiger partial charge in [0.05, 0.1) is 18.4 Å². The quantitative estimate of drug-likeness (QED) is 0.220. The van der Waals surface area contributed by atoms with Gasteiger partial charge in [0.15, 0.2) is 0 Å². The number of amides is 1. The highest BCUT2D eigenvalue weighted by molar-refractivity contribution is 7.16.